The minimum Gasteiger partial charge on any atom is -0.289 e. The van der Waals surface area contributed by atoms with Gasteiger partial charge in [-0.15, -0.1) is 0 Å². The number of hydrogen-bond acceptors (Lipinski definition) is 5. The van der Waals surface area contributed by atoms with Crippen LogP contribution in [-0.2, 0) is 0 Å². The Labute approximate surface area is 180 Å². The van der Waals surface area contributed by atoms with E-state index in [0.29, 0.717) is 54.9 Å². The minimum atomic E-state index is -0.510. The van der Waals surface area contributed by atoms with E-state index in [9.17, 15) is 24.0 Å². The van der Waals surface area contributed by atoms with E-state index in [4.69, 9.17) is 0 Å². The summed E-state index contributed by atoms with van der Waals surface area (Å²) in [5.41, 5.74) is 1.94. The lowest BCUT2D eigenvalue weighted by molar-refractivity contribution is 0.0828. The molecule has 0 bridgehead atoms. The van der Waals surface area contributed by atoms with Gasteiger partial charge in [-0.25, -0.2) is 0 Å². The van der Waals surface area contributed by atoms with E-state index in [0.717, 1.165) is 0 Å². The molecule has 0 spiro atoms. The van der Waals surface area contributed by atoms with Crippen molar-refractivity contribution >= 4 is 51.0 Å². The van der Waals surface area contributed by atoms with E-state index in [1.54, 1.807) is 48.5 Å². The molecular formula is C25H12N2O5. The second-order valence-corrected chi connectivity index (χ2v) is 7.67. The molecule has 32 heavy (non-hydrogen) atoms. The predicted molar refractivity (Wildman–Crippen MR) is 115 cm³/mol. The van der Waals surface area contributed by atoms with E-state index < -0.39 is 23.6 Å². The van der Waals surface area contributed by atoms with Crippen LogP contribution >= 0.6 is 0 Å². The van der Waals surface area contributed by atoms with Crippen molar-refractivity contribution in [2.45, 2.75) is 0 Å². The highest BCUT2D eigenvalue weighted by Crippen LogP contribution is 2.34. The number of rotatable bonds is 2. The third-order valence-electron chi connectivity index (χ3n) is 6.00. The SMILES string of the molecule is O=C(c1ccc2c3c(cccc13)C(=O)NC2=O)c1ccc2c3c(cccc13)C(=O)NC2=O. The maximum Gasteiger partial charge on any atom is 0.258 e. The summed E-state index contributed by atoms with van der Waals surface area (Å²) in [6, 6.07) is 16.1. The molecule has 2 aliphatic rings. The maximum absolute atomic E-state index is 13.7. The van der Waals surface area contributed by atoms with Crippen LogP contribution in [-0.4, -0.2) is 29.4 Å². The Bertz CT molecular complexity index is 1460. The van der Waals surface area contributed by atoms with Gasteiger partial charge in [-0.2, -0.15) is 0 Å². The number of nitrogens with one attached hydrogen (secondary N) is 2. The van der Waals surface area contributed by atoms with Crippen molar-refractivity contribution in [3.8, 4) is 0 Å². The molecule has 4 amide bonds. The molecule has 7 heteroatoms. The summed E-state index contributed by atoms with van der Waals surface area (Å²) in [6.07, 6.45) is 0. The average Bonchev–Trinajstić information content (AvgIpc) is 2.79. The first-order valence-corrected chi connectivity index (χ1v) is 9.83. The zero-order valence-corrected chi connectivity index (χ0v) is 16.3. The summed E-state index contributed by atoms with van der Waals surface area (Å²) >= 11 is 0. The second kappa shape index (κ2) is 6.18. The maximum atomic E-state index is 13.7. The zero-order valence-electron chi connectivity index (χ0n) is 16.3. The molecule has 4 aromatic carbocycles. The largest absolute Gasteiger partial charge is 0.289 e. The number of carbonyl (C=O) groups is 5. The highest BCUT2D eigenvalue weighted by atomic mass is 16.2. The fourth-order valence-corrected chi connectivity index (χ4v) is 4.59. The number of carbonyl (C=O) groups excluding carboxylic acids is 5. The standard InChI is InChI=1S/C25H12N2O5/c28-21(13-7-9-17-19-11(13)3-1-5-15(19)22(29)26-24(17)31)14-8-10-18-20-12(14)4-2-6-16(20)23(30)27-25(18)32/h1-10H,(H,26,29,31)(H,27,30,32). The molecule has 0 fully saturated rings. The molecule has 2 aliphatic heterocycles. The van der Waals surface area contributed by atoms with E-state index in [2.05, 4.69) is 10.6 Å². The summed E-state index contributed by atoms with van der Waals surface area (Å²) in [6.45, 7) is 0. The van der Waals surface area contributed by atoms with Crippen molar-refractivity contribution < 1.29 is 24.0 Å². The summed E-state index contributed by atoms with van der Waals surface area (Å²) in [4.78, 5) is 62.9. The highest BCUT2D eigenvalue weighted by molar-refractivity contribution is 6.32. The van der Waals surface area contributed by atoms with Gasteiger partial charge in [0.1, 0.15) is 0 Å². The number of imide groups is 2. The normalized spacial score (nSPS) is 14.5. The molecule has 0 radical (unpaired) electrons. The molecule has 7 nitrogen and oxygen atoms in total. The van der Waals surface area contributed by atoms with Gasteiger partial charge in [-0.1, -0.05) is 24.3 Å². The Hall–Kier alpha value is -4.65. The van der Waals surface area contributed by atoms with Crippen molar-refractivity contribution in [3.63, 3.8) is 0 Å². The first-order valence-electron chi connectivity index (χ1n) is 9.83. The van der Waals surface area contributed by atoms with Crippen LogP contribution in [0.3, 0.4) is 0 Å². The summed E-state index contributed by atoms with van der Waals surface area (Å²) in [5.74, 6) is -2.38. The molecule has 2 N–H and O–H groups in total. The Morgan fingerprint density at radius 2 is 0.875 bits per heavy atom. The first kappa shape index (κ1) is 18.1. The van der Waals surface area contributed by atoms with Crippen LogP contribution < -0.4 is 10.6 Å². The Kier molecular flexibility index (Phi) is 3.50. The second-order valence-electron chi connectivity index (χ2n) is 7.67. The van der Waals surface area contributed by atoms with Crippen LogP contribution in [0, 0.1) is 0 Å². The molecular weight excluding hydrogens is 408 g/mol. The summed E-state index contributed by atoms with van der Waals surface area (Å²) in [7, 11) is 0. The monoisotopic (exact) mass is 420 g/mol. The van der Waals surface area contributed by atoms with Gasteiger partial charge in [0.05, 0.1) is 0 Å². The van der Waals surface area contributed by atoms with E-state index in [1.165, 1.54) is 12.1 Å². The third-order valence-corrected chi connectivity index (χ3v) is 6.00. The van der Waals surface area contributed by atoms with Crippen molar-refractivity contribution in [1.29, 1.82) is 0 Å². The van der Waals surface area contributed by atoms with Gasteiger partial charge >= 0.3 is 0 Å². The van der Waals surface area contributed by atoms with Crippen LogP contribution in [0.25, 0.3) is 21.5 Å². The Morgan fingerprint density at radius 1 is 0.500 bits per heavy atom. The van der Waals surface area contributed by atoms with Crippen LogP contribution in [0.2, 0.25) is 0 Å². The molecule has 0 saturated carbocycles. The summed E-state index contributed by atoms with van der Waals surface area (Å²) in [5, 5.41) is 6.45. The molecule has 0 unspecified atom stereocenters. The third kappa shape index (κ3) is 2.27. The number of hydrogen-bond donors (Lipinski definition) is 2. The van der Waals surface area contributed by atoms with Gasteiger partial charge in [-0.05, 0) is 47.2 Å². The lowest BCUT2D eigenvalue weighted by atomic mass is 9.86. The van der Waals surface area contributed by atoms with Crippen LogP contribution in [0.5, 0.6) is 0 Å². The summed E-state index contributed by atoms with van der Waals surface area (Å²) < 4.78 is 0. The van der Waals surface area contributed by atoms with Gasteiger partial charge in [-0.3, -0.25) is 34.6 Å². The highest BCUT2D eigenvalue weighted by Gasteiger charge is 2.29. The number of amides is 4. The van der Waals surface area contributed by atoms with Crippen molar-refractivity contribution in [3.05, 3.63) is 94.0 Å². The van der Waals surface area contributed by atoms with Gasteiger partial charge in [0.15, 0.2) is 5.78 Å². The fraction of sp³-hybridized carbons (Fsp3) is 0. The molecule has 152 valence electrons. The zero-order chi connectivity index (χ0) is 22.1. The molecule has 0 saturated heterocycles. The Balaban J connectivity index is 1.63. The smallest absolute Gasteiger partial charge is 0.258 e. The topological polar surface area (TPSA) is 109 Å². The lowest BCUT2D eigenvalue weighted by Gasteiger charge is -2.20. The number of ketones is 1. The van der Waals surface area contributed by atoms with Gasteiger partial charge in [0.25, 0.3) is 23.6 Å². The average molecular weight is 420 g/mol. The predicted octanol–water partition coefficient (Wildman–Crippen LogP) is 2.99. The molecule has 0 atom stereocenters. The van der Waals surface area contributed by atoms with Crippen molar-refractivity contribution in [2.24, 2.45) is 0 Å². The fourth-order valence-electron chi connectivity index (χ4n) is 4.59. The lowest BCUT2D eigenvalue weighted by Crippen LogP contribution is -2.35. The molecule has 0 aromatic heterocycles. The van der Waals surface area contributed by atoms with Crippen molar-refractivity contribution in [1.82, 2.24) is 10.6 Å². The van der Waals surface area contributed by atoms with E-state index in [1.807, 2.05) is 0 Å². The van der Waals surface area contributed by atoms with Gasteiger partial charge in [0, 0.05) is 44.2 Å². The Morgan fingerprint density at radius 3 is 1.28 bits per heavy atom. The van der Waals surface area contributed by atoms with Gasteiger partial charge < -0.3 is 0 Å². The van der Waals surface area contributed by atoms with Crippen molar-refractivity contribution in [2.75, 3.05) is 0 Å². The van der Waals surface area contributed by atoms with Crippen LogP contribution in [0.15, 0.2) is 60.7 Å². The molecule has 0 aliphatic carbocycles. The van der Waals surface area contributed by atoms with Crippen LogP contribution in [0.4, 0.5) is 0 Å². The number of benzene rings is 4. The molecule has 2 heterocycles. The first-order chi connectivity index (χ1) is 15.5. The van der Waals surface area contributed by atoms with Gasteiger partial charge in [0.2, 0.25) is 0 Å². The van der Waals surface area contributed by atoms with Crippen LogP contribution in [0.1, 0.15) is 57.4 Å². The molecule has 4 aromatic rings. The van der Waals surface area contributed by atoms with E-state index >= 15 is 0 Å². The quantitative estimate of drug-likeness (QED) is 0.383. The molecule has 6 rings (SSSR count). The van der Waals surface area contributed by atoms with E-state index in [-0.39, 0.29) is 5.78 Å². The minimum absolute atomic E-state index is 0.320.